The van der Waals surface area contributed by atoms with Crippen LogP contribution in [0.2, 0.25) is 0 Å². The molecule has 0 amide bonds. The largest absolute Gasteiger partial charge is 0.264 e. The topological polar surface area (TPSA) is 12.9 Å². The molecule has 1 aromatic rings. The van der Waals surface area contributed by atoms with Gasteiger partial charge in [0.2, 0.25) is 0 Å². The van der Waals surface area contributed by atoms with Crippen molar-refractivity contribution in [3.63, 3.8) is 0 Å². The van der Waals surface area contributed by atoms with Crippen LogP contribution >= 0.6 is 0 Å². The van der Waals surface area contributed by atoms with Crippen molar-refractivity contribution in [2.24, 2.45) is 0 Å². The summed E-state index contributed by atoms with van der Waals surface area (Å²) in [5.74, 6) is 0.655. The molecule has 1 aromatic heterocycles. The van der Waals surface area contributed by atoms with Crippen LogP contribution in [-0.4, -0.2) is 4.98 Å². The molecule has 0 spiro atoms. The van der Waals surface area contributed by atoms with E-state index in [2.05, 4.69) is 31.8 Å². The van der Waals surface area contributed by atoms with Gasteiger partial charge >= 0.3 is 0 Å². The Labute approximate surface area is 74.8 Å². The van der Waals surface area contributed by atoms with Gasteiger partial charge in [0.1, 0.15) is 0 Å². The van der Waals surface area contributed by atoms with Crippen LogP contribution in [0.25, 0.3) is 0 Å². The number of hydrogen-bond donors (Lipinski definition) is 0. The van der Waals surface area contributed by atoms with E-state index < -0.39 is 0 Å². The van der Waals surface area contributed by atoms with Gasteiger partial charge in [-0.2, -0.15) is 0 Å². The summed E-state index contributed by atoms with van der Waals surface area (Å²) in [7, 11) is 0. The van der Waals surface area contributed by atoms with Gasteiger partial charge in [-0.15, -0.1) is 0 Å². The highest BCUT2D eigenvalue weighted by atomic mass is 14.6. The Balaban J connectivity index is 2.73. The Hall–Kier alpha value is -0.850. The first kappa shape index (κ1) is 9.24. The van der Waals surface area contributed by atoms with Gasteiger partial charge in [0.25, 0.3) is 0 Å². The van der Waals surface area contributed by atoms with Gasteiger partial charge < -0.3 is 0 Å². The molecule has 0 aliphatic carbocycles. The van der Waals surface area contributed by atoms with Crippen molar-refractivity contribution in [2.75, 3.05) is 0 Å². The second-order valence-corrected chi connectivity index (χ2v) is 3.49. The first-order valence-corrected chi connectivity index (χ1v) is 4.65. The summed E-state index contributed by atoms with van der Waals surface area (Å²) in [4.78, 5) is 4.19. The maximum absolute atomic E-state index is 4.19. The SMILES string of the molecule is CCCC(C)c1cncc(C)c1. The van der Waals surface area contributed by atoms with Crippen LogP contribution < -0.4 is 0 Å². The molecule has 1 atom stereocenters. The molecule has 1 heteroatoms. The van der Waals surface area contributed by atoms with Crippen LogP contribution in [0.15, 0.2) is 18.5 Å². The van der Waals surface area contributed by atoms with E-state index in [-0.39, 0.29) is 0 Å². The number of rotatable bonds is 3. The highest BCUT2D eigenvalue weighted by molar-refractivity contribution is 5.19. The second kappa shape index (κ2) is 4.24. The minimum absolute atomic E-state index is 0.655. The first-order chi connectivity index (χ1) is 5.74. The summed E-state index contributed by atoms with van der Waals surface area (Å²) in [6.45, 7) is 6.58. The van der Waals surface area contributed by atoms with Crippen LogP contribution in [0.5, 0.6) is 0 Å². The third-order valence-corrected chi connectivity index (χ3v) is 2.19. The van der Waals surface area contributed by atoms with E-state index in [9.17, 15) is 0 Å². The van der Waals surface area contributed by atoms with Gasteiger partial charge in [0.05, 0.1) is 0 Å². The van der Waals surface area contributed by atoms with Crippen molar-refractivity contribution < 1.29 is 0 Å². The molecule has 0 aliphatic rings. The number of aryl methyl sites for hydroxylation is 1. The molecule has 1 nitrogen and oxygen atoms in total. The molecule has 1 rings (SSSR count). The van der Waals surface area contributed by atoms with E-state index in [1.807, 2.05) is 12.4 Å². The lowest BCUT2D eigenvalue weighted by atomic mass is 9.97. The standard InChI is InChI=1S/C11H17N/c1-4-5-10(3)11-6-9(2)7-12-8-11/h6-8,10H,4-5H2,1-3H3. The van der Waals surface area contributed by atoms with Crippen molar-refractivity contribution in [3.05, 3.63) is 29.6 Å². The zero-order valence-corrected chi connectivity index (χ0v) is 8.17. The number of aromatic nitrogens is 1. The molecule has 0 saturated carbocycles. The molecule has 0 aromatic carbocycles. The van der Waals surface area contributed by atoms with Crippen LogP contribution in [0.3, 0.4) is 0 Å². The van der Waals surface area contributed by atoms with Crippen LogP contribution in [-0.2, 0) is 0 Å². The Morgan fingerprint density at radius 1 is 1.42 bits per heavy atom. The van der Waals surface area contributed by atoms with Crippen LogP contribution in [0.1, 0.15) is 43.7 Å². The third-order valence-electron chi connectivity index (χ3n) is 2.19. The minimum atomic E-state index is 0.655. The van der Waals surface area contributed by atoms with Crippen molar-refractivity contribution in [2.45, 2.75) is 39.5 Å². The molecule has 12 heavy (non-hydrogen) atoms. The van der Waals surface area contributed by atoms with Crippen molar-refractivity contribution in [1.29, 1.82) is 0 Å². The van der Waals surface area contributed by atoms with Crippen molar-refractivity contribution in [1.82, 2.24) is 4.98 Å². The zero-order valence-electron chi connectivity index (χ0n) is 8.17. The molecule has 0 N–H and O–H groups in total. The number of pyridine rings is 1. The highest BCUT2D eigenvalue weighted by Crippen LogP contribution is 2.19. The minimum Gasteiger partial charge on any atom is -0.264 e. The summed E-state index contributed by atoms with van der Waals surface area (Å²) >= 11 is 0. The predicted molar refractivity (Wildman–Crippen MR) is 52.3 cm³/mol. The van der Waals surface area contributed by atoms with Crippen molar-refractivity contribution in [3.8, 4) is 0 Å². The fraction of sp³-hybridized carbons (Fsp3) is 0.545. The smallest absolute Gasteiger partial charge is 0.0302 e. The van der Waals surface area contributed by atoms with Crippen LogP contribution in [0, 0.1) is 6.92 Å². The molecular formula is C11H17N. The number of hydrogen-bond acceptors (Lipinski definition) is 1. The lowest BCUT2D eigenvalue weighted by Crippen LogP contribution is -1.94. The number of nitrogens with zero attached hydrogens (tertiary/aromatic N) is 1. The molecule has 0 bridgehead atoms. The lowest BCUT2D eigenvalue weighted by molar-refractivity contribution is 0.662. The zero-order chi connectivity index (χ0) is 8.97. The van der Waals surface area contributed by atoms with Gasteiger partial charge in [-0.3, -0.25) is 4.98 Å². The Morgan fingerprint density at radius 2 is 2.17 bits per heavy atom. The maximum Gasteiger partial charge on any atom is 0.0302 e. The van der Waals surface area contributed by atoms with E-state index in [0.29, 0.717) is 5.92 Å². The van der Waals surface area contributed by atoms with E-state index in [4.69, 9.17) is 0 Å². The molecule has 0 saturated heterocycles. The molecule has 0 fully saturated rings. The molecule has 0 aliphatic heterocycles. The Kier molecular flexibility index (Phi) is 3.27. The Bertz CT molecular complexity index is 243. The maximum atomic E-state index is 4.19. The summed E-state index contributed by atoms with van der Waals surface area (Å²) in [6, 6.07) is 2.23. The lowest BCUT2D eigenvalue weighted by Gasteiger charge is -2.09. The summed E-state index contributed by atoms with van der Waals surface area (Å²) in [6.07, 6.45) is 6.38. The third kappa shape index (κ3) is 2.33. The van der Waals surface area contributed by atoms with Gasteiger partial charge in [-0.25, -0.2) is 0 Å². The average molecular weight is 163 g/mol. The second-order valence-electron chi connectivity index (χ2n) is 3.49. The summed E-state index contributed by atoms with van der Waals surface area (Å²) < 4.78 is 0. The van der Waals surface area contributed by atoms with Crippen LogP contribution in [0.4, 0.5) is 0 Å². The van der Waals surface area contributed by atoms with Gasteiger partial charge in [-0.05, 0) is 30.4 Å². The summed E-state index contributed by atoms with van der Waals surface area (Å²) in [5.41, 5.74) is 2.63. The summed E-state index contributed by atoms with van der Waals surface area (Å²) in [5, 5.41) is 0. The normalized spacial score (nSPS) is 12.9. The molecular weight excluding hydrogens is 146 g/mol. The molecule has 1 heterocycles. The first-order valence-electron chi connectivity index (χ1n) is 4.65. The van der Waals surface area contributed by atoms with Gasteiger partial charge in [0.15, 0.2) is 0 Å². The monoisotopic (exact) mass is 163 g/mol. The van der Waals surface area contributed by atoms with E-state index >= 15 is 0 Å². The van der Waals surface area contributed by atoms with E-state index in [1.54, 1.807) is 0 Å². The van der Waals surface area contributed by atoms with E-state index in [0.717, 1.165) is 0 Å². The van der Waals surface area contributed by atoms with Gasteiger partial charge in [0, 0.05) is 12.4 Å². The molecule has 0 radical (unpaired) electrons. The molecule has 1 unspecified atom stereocenters. The highest BCUT2D eigenvalue weighted by Gasteiger charge is 2.03. The average Bonchev–Trinajstić information content (AvgIpc) is 2.05. The quantitative estimate of drug-likeness (QED) is 0.666. The van der Waals surface area contributed by atoms with Crippen molar-refractivity contribution >= 4 is 0 Å². The van der Waals surface area contributed by atoms with E-state index in [1.165, 1.54) is 24.0 Å². The predicted octanol–water partition coefficient (Wildman–Crippen LogP) is 3.29. The fourth-order valence-corrected chi connectivity index (χ4v) is 1.45. The van der Waals surface area contributed by atoms with Gasteiger partial charge in [-0.1, -0.05) is 26.3 Å². The molecule has 66 valence electrons. The fourth-order valence-electron chi connectivity index (χ4n) is 1.45. The Morgan fingerprint density at radius 3 is 2.75 bits per heavy atom.